The minimum atomic E-state index is -0.0138. The van der Waals surface area contributed by atoms with E-state index in [0.717, 1.165) is 26.9 Å². The zero-order valence-electron chi connectivity index (χ0n) is 11.0. The number of carbonyl (C=O) groups excluding carboxylic acids is 1. The Morgan fingerprint density at radius 2 is 2.21 bits per heavy atom. The molecule has 3 nitrogen and oxygen atoms in total. The molecule has 1 amide bonds. The average molecular weight is 292 g/mol. The number of thiazole rings is 1. The fraction of sp³-hybridized carbons (Fsp3) is 0.286. The molecule has 100 valence electrons. The molecule has 0 atom stereocenters. The number of nitrogens with one attached hydrogen (secondary N) is 1. The van der Waals surface area contributed by atoms with E-state index < -0.39 is 0 Å². The van der Waals surface area contributed by atoms with Gasteiger partial charge in [-0.2, -0.15) is 0 Å². The molecular formula is C14H16N2OS2. The predicted octanol–water partition coefficient (Wildman–Crippen LogP) is 3.49. The van der Waals surface area contributed by atoms with Crippen LogP contribution in [0.3, 0.4) is 0 Å². The molecule has 0 unspecified atom stereocenters. The van der Waals surface area contributed by atoms with Gasteiger partial charge in [-0.25, -0.2) is 4.98 Å². The highest BCUT2D eigenvalue weighted by Crippen LogP contribution is 2.26. The molecule has 2 aromatic rings. The van der Waals surface area contributed by atoms with E-state index in [4.69, 9.17) is 0 Å². The summed E-state index contributed by atoms with van der Waals surface area (Å²) >= 11 is 3.31. The van der Waals surface area contributed by atoms with E-state index in [1.54, 1.807) is 23.1 Å². The third-order valence-corrected chi connectivity index (χ3v) is 4.44. The Morgan fingerprint density at radius 1 is 1.42 bits per heavy atom. The maximum Gasteiger partial charge on any atom is 0.252 e. The van der Waals surface area contributed by atoms with E-state index in [1.807, 2.05) is 38.1 Å². The van der Waals surface area contributed by atoms with Gasteiger partial charge in [0.15, 0.2) is 0 Å². The van der Waals surface area contributed by atoms with Crippen LogP contribution in [0.15, 0.2) is 34.5 Å². The van der Waals surface area contributed by atoms with E-state index in [1.165, 1.54) is 0 Å². The Labute approximate surface area is 121 Å². The number of rotatable bonds is 5. The van der Waals surface area contributed by atoms with Gasteiger partial charge in [-0.3, -0.25) is 4.79 Å². The van der Waals surface area contributed by atoms with Crippen molar-refractivity contribution in [1.29, 1.82) is 0 Å². The highest BCUT2D eigenvalue weighted by atomic mass is 32.2. The van der Waals surface area contributed by atoms with Gasteiger partial charge in [-0.15, -0.1) is 23.1 Å². The molecule has 0 spiro atoms. The Morgan fingerprint density at radius 3 is 2.89 bits per heavy atom. The number of hydrogen-bond acceptors (Lipinski definition) is 4. The standard InChI is InChI=1S/C14H16N2OS2/c1-3-15-14(17)12-6-4-5-7-13(12)19-9-11-8-18-10(2)16-11/h4-8H,3,9H2,1-2H3,(H,15,17). The molecule has 0 fully saturated rings. The van der Waals surface area contributed by atoms with Crippen LogP contribution in [0.2, 0.25) is 0 Å². The Kier molecular flexibility index (Phi) is 4.99. The van der Waals surface area contributed by atoms with Crippen LogP contribution in [0, 0.1) is 6.92 Å². The zero-order chi connectivity index (χ0) is 13.7. The summed E-state index contributed by atoms with van der Waals surface area (Å²) in [7, 11) is 0. The first-order valence-corrected chi connectivity index (χ1v) is 7.98. The number of aromatic nitrogens is 1. The summed E-state index contributed by atoms with van der Waals surface area (Å²) in [6.45, 7) is 4.57. The summed E-state index contributed by atoms with van der Waals surface area (Å²) in [5.41, 5.74) is 1.81. The van der Waals surface area contributed by atoms with Crippen molar-refractivity contribution in [1.82, 2.24) is 10.3 Å². The lowest BCUT2D eigenvalue weighted by Gasteiger charge is -2.08. The Hall–Kier alpha value is -1.33. The molecule has 0 aliphatic rings. The Balaban J connectivity index is 2.09. The fourth-order valence-electron chi connectivity index (χ4n) is 1.66. The molecular weight excluding hydrogens is 276 g/mol. The largest absolute Gasteiger partial charge is 0.352 e. The lowest BCUT2D eigenvalue weighted by molar-refractivity contribution is 0.0953. The van der Waals surface area contributed by atoms with Crippen molar-refractivity contribution in [3.05, 3.63) is 45.9 Å². The highest BCUT2D eigenvalue weighted by Gasteiger charge is 2.10. The normalized spacial score (nSPS) is 10.4. The zero-order valence-corrected chi connectivity index (χ0v) is 12.6. The number of hydrogen-bond donors (Lipinski definition) is 1. The molecule has 1 heterocycles. The van der Waals surface area contributed by atoms with Crippen LogP contribution >= 0.6 is 23.1 Å². The maximum atomic E-state index is 11.9. The minimum Gasteiger partial charge on any atom is -0.352 e. The summed E-state index contributed by atoms with van der Waals surface area (Å²) in [5.74, 6) is 0.779. The van der Waals surface area contributed by atoms with Crippen molar-refractivity contribution in [3.63, 3.8) is 0 Å². The summed E-state index contributed by atoms with van der Waals surface area (Å²) in [5, 5.41) is 5.98. The number of carbonyl (C=O) groups is 1. The van der Waals surface area contributed by atoms with Gasteiger partial charge in [-0.1, -0.05) is 12.1 Å². The van der Waals surface area contributed by atoms with E-state index in [0.29, 0.717) is 6.54 Å². The number of nitrogens with zero attached hydrogens (tertiary/aromatic N) is 1. The van der Waals surface area contributed by atoms with Crippen molar-refractivity contribution in [2.75, 3.05) is 6.54 Å². The quantitative estimate of drug-likeness (QED) is 0.858. The lowest BCUT2D eigenvalue weighted by atomic mass is 10.2. The molecule has 0 saturated carbocycles. The third-order valence-electron chi connectivity index (χ3n) is 2.51. The molecule has 2 rings (SSSR count). The number of aryl methyl sites for hydroxylation is 1. The molecule has 0 aliphatic heterocycles. The first-order valence-electron chi connectivity index (χ1n) is 6.11. The first kappa shape index (κ1) is 14.1. The minimum absolute atomic E-state index is 0.0138. The van der Waals surface area contributed by atoms with Crippen LogP contribution in [0.4, 0.5) is 0 Å². The molecule has 0 aliphatic carbocycles. The molecule has 1 aromatic heterocycles. The number of benzene rings is 1. The van der Waals surface area contributed by atoms with Gasteiger partial charge in [0, 0.05) is 22.6 Å². The van der Waals surface area contributed by atoms with Gasteiger partial charge in [-0.05, 0) is 26.0 Å². The van der Waals surface area contributed by atoms with Crippen LogP contribution in [0.5, 0.6) is 0 Å². The van der Waals surface area contributed by atoms with E-state index in [9.17, 15) is 4.79 Å². The second-order valence-corrected chi connectivity index (χ2v) is 6.08. The molecule has 0 bridgehead atoms. The summed E-state index contributed by atoms with van der Waals surface area (Å²) in [4.78, 5) is 17.4. The second-order valence-electron chi connectivity index (χ2n) is 4.00. The molecule has 5 heteroatoms. The van der Waals surface area contributed by atoms with Gasteiger partial charge < -0.3 is 5.32 Å². The lowest BCUT2D eigenvalue weighted by Crippen LogP contribution is -2.23. The summed E-state index contributed by atoms with van der Waals surface area (Å²) < 4.78 is 0. The molecule has 1 N–H and O–H groups in total. The smallest absolute Gasteiger partial charge is 0.252 e. The SMILES string of the molecule is CCNC(=O)c1ccccc1SCc1csc(C)n1. The van der Waals surface area contributed by atoms with E-state index >= 15 is 0 Å². The molecule has 1 aromatic carbocycles. The van der Waals surface area contributed by atoms with Crippen LogP contribution in [0.1, 0.15) is 28.0 Å². The van der Waals surface area contributed by atoms with Gasteiger partial charge in [0.2, 0.25) is 0 Å². The van der Waals surface area contributed by atoms with Crippen molar-refractivity contribution in [3.8, 4) is 0 Å². The van der Waals surface area contributed by atoms with Gasteiger partial charge in [0.25, 0.3) is 5.91 Å². The van der Waals surface area contributed by atoms with Crippen molar-refractivity contribution >= 4 is 29.0 Å². The maximum absolute atomic E-state index is 11.9. The molecule has 0 radical (unpaired) electrons. The number of thioether (sulfide) groups is 1. The monoisotopic (exact) mass is 292 g/mol. The van der Waals surface area contributed by atoms with E-state index in [2.05, 4.69) is 15.7 Å². The van der Waals surface area contributed by atoms with Crippen molar-refractivity contribution < 1.29 is 4.79 Å². The van der Waals surface area contributed by atoms with Crippen LogP contribution in [-0.4, -0.2) is 17.4 Å². The summed E-state index contributed by atoms with van der Waals surface area (Å²) in [6, 6.07) is 7.69. The first-order chi connectivity index (χ1) is 9.20. The van der Waals surface area contributed by atoms with Gasteiger partial charge >= 0.3 is 0 Å². The van der Waals surface area contributed by atoms with Crippen molar-refractivity contribution in [2.45, 2.75) is 24.5 Å². The molecule has 0 saturated heterocycles. The highest BCUT2D eigenvalue weighted by molar-refractivity contribution is 7.98. The Bertz CT molecular complexity index is 566. The van der Waals surface area contributed by atoms with Crippen LogP contribution < -0.4 is 5.32 Å². The summed E-state index contributed by atoms with van der Waals surface area (Å²) in [6.07, 6.45) is 0. The fourth-order valence-corrected chi connectivity index (χ4v) is 3.32. The predicted molar refractivity (Wildman–Crippen MR) is 80.9 cm³/mol. The van der Waals surface area contributed by atoms with E-state index in [-0.39, 0.29) is 5.91 Å². The van der Waals surface area contributed by atoms with Crippen LogP contribution in [-0.2, 0) is 5.75 Å². The second kappa shape index (κ2) is 6.73. The van der Waals surface area contributed by atoms with Crippen LogP contribution in [0.25, 0.3) is 0 Å². The average Bonchev–Trinajstić information content (AvgIpc) is 2.83. The van der Waals surface area contributed by atoms with Gasteiger partial charge in [0.1, 0.15) is 0 Å². The van der Waals surface area contributed by atoms with Crippen molar-refractivity contribution in [2.24, 2.45) is 0 Å². The third kappa shape index (κ3) is 3.81. The van der Waals surface area contributed by atoms with Gasteiger partial charge in [0.05, 0.1) is 16.3 Å². The topological polar surface area (TPSA) is 42.0 Å². The number of amides is 1. The molecule has 19 heavy (non-hydrogen) atoms.